The van der Waals surface area contributed by atoms with Crippen LogP contribution in [-0.2, 0) is 20.6 Å². The second kappa shape index (κ2) is 19.2. The molecule has 0 aliphatic carbocycles. The fraction of sp³-hybridized carbons (Fsp3) is 0.245. The van der Waals surface area contributed by atoms with Gasteiger partial charge in [-0.3, -0.25) is 24.0 Å². The molecule has 7 aromatic rings. The fourth-order valence-electron chi connectivity index (χ4n) is 7.97. The first-order valence-electron chi connectivity index (χ1n) is 21.0. The second-order valence-corrected chi connectivity index (χ2v) is 17.7. The van der Waals surface area contributed by atoms with Gasteiger partial charge in [-0.15, -0.1) is 0 Å². The molecule has 63 heavy (non-hydrogen) atoms. The van der Waals surface area contributed by atoms with Crippen LogP contribution in [0.1, 0.15) is 47.0 Å². The molecular formula is C49H49FN5O7P. The minimum Gasteiger partial charge on any atom is -0.494 e. The van der Waals surface area contributed by atoms with E-state index in [0.717, 1.165) is 16.7 Å². The highest BCUT2D eigenvalue weighted by Gasteiger charge is 2.34. The van der Waals surface area contributed by atoms with Gasteiger partial charge in [-0.1, -0.05) is 97.1 Å². The number of piperazine rings is 1. The summed E-state index contributed by atoms with van der Waals surface area (Å²) in [5, 5.41) is 16.5. The number of amides is 1. The van der Waals surface area contributed by atoms with Crippen LogP contribution in [0.5, 0.6) is 17.4 Å². The molecule has 324 valence electrons. The molecule has 1 amide bonds. The van der Waals surface area contributed by atoms with Crippen LogP contribution in [0.4, 0.5) is 4.39 Å². The summed E-state index contributed by atoms with van der Waals surface area (Å²) in [6, 6.07) is 37.2. The molecule has 1 fully saturated rings. The predicted molar refractivity (Wildman–Crippen MR) is 241 cm³/mol. The van der Waals surface area contributed by atoms with Crippen LogP contribution in [0.25, 0.3) is 21.7 Å². The number of halogens is 1. The quantitative estimate of drug-likeness (QED) is 0.0717. The monoisotopic (exact) mass is 869 g/mol. The standard InChI is InChI=1S/C49H49FN5O7P/c1-3-60-49(58)34(2)52-63(59,62-39-18-11-6-12-19-39)31-30-53-26-28-54(29-27-53)47(56)42-40-20-13-25-51-44(40)46(61-45(36-14-7-4-8-15-36)37-16-9-5-10-17-37)43-41(42)33-55(48(43)57)32-35-21-23-38(50)24-22-35/h4-25,33-34,45,57H,3,26-32H2,1-2H3,(H,52,59)/t34-,63?/m0/s1. The van der Waals surface area contributed by atoms with E-state index in [1.54, 1.807) is 78.2 Å². The number of hydrogen-bond donors (Lipinski definition) is 2. The lowest BCUT2D eigenvalue weighted by Crippen LogP contribution is -2.49. The van der Waals surface area contributed by atoms with E-state index in [2.05, 4.69) is 9.99 Å². The number of aromatic hydroxyl groups is 1. The predicted octanol–water partition coefficient (Wildman–Crippen LogP) is 8.82. The third-order valence-electron chi connectivity index (χ3n) is 11.2. The third kappa shape index (κ3) is 9.76. The van der Waals surface area contributed by atoms with E-state index in [1.165, 1.54) is 12.1 Å². The number of nitrogens with zero attached hydrogens (tertiary/aromatic N) is 4. The molecule has 5 aromatic carbocycles. The van der Waals surface area contributed by atoms with E-state index in [9.17, 15) is 23.7 Å². The molecule has 3 heterocycles. The molecule has 0 spiro atoms. The van der Waals surface area contributed by atoms with Gasteiger partial charge in [0, 0.05) is 55.9 Å². The van der Waals surface area contributed by atoms with E-state index in [4.69, 9.17) is 19.0 Å². The van der Waals surface area contributed by atoms with Gasteiger partial charge in [-0.25, -0.2) is 9.48 Å². The highest BCUT2D eigenvalue weighted by atomic mass is 31.2. The topological polar surface area (TPSA) is 135 Å². The van der Waals surface area contributed by atoms with Crippen molar-refractivity contribution >= 4 is 41.1 Å². The van der Waals surface area contributed by atoms with Gasteiger partial charge in [0.15, 0.2) is 5.75 Å². The van der Waals surface area contributed by atoms with Crippen molar-refractivity contribution in [3.8, 4) is 17.4 Å². The molecule has 12 nitrogen and oxygen atoms in total. The first kappa shape index (κ1) is 43.1. The largest absolute Gasteiger partial charge is 0.494 e. The molecular weight excluding hydrogens is 821 g/mol. The molecule has 0 saturated carbocycles. The average molecular weight is 870 g/mol. The van der Waals surface area contributed by atoms with Gasteiger partial charge in [-0.2, -0.15) is 0 Å². The number of pyridine rings is 1. The molecule has 0 radical (unpaired) electrons. The highest BCUT2D eigenvalue weighted by molar-refractivity contribution is 7.57. The van der Waals surface area contributed by atoms with Gasteiger partial charge in [0.1, 0.15) is 29.2 Å². The van der Waals surface area contributed by atoms with Crippen molar-refractivity contribution in [1.29, 1.82) is 0 Å². The summed E-state index contributed by atoms with van der Waals surface area (Å²) < 4.78 is 48.1. The Hall–Kier alpha value is -6.53. The van der Waals surface area contributed by atoms with Crippen molar-refractivity contribution in [1.82, 2.24) is 24.4 Å². The van der Waals surface area contributed by atoms with Gasteiger partial charge in [0.2, 0.25) is 5.88 Å². The van der Waals surface area contributed by atoms with Crippen LogP contribution in [0, 0.1) is 5.82 Å². The summed E-state index contributed by atoms with van der Waals surface area (Å²) in [7, 11) is -3.60. The summed E-state index contributed by atoms with van der Waals surface area (Å²) >= 11 is 0. The number of esters is 1. The lowest BCUT2D eigenvalue weighted by molar-refractivity contribution is -0.144. The van der Waals surface area contributed by atoms with E-state index in [1.807, 2.05) is 72.8 Å². The van der Waals surface area contributed by atoms with Gasteiger partial charge in [0.05, 0.1) is 30.3 Å². The molecule has 2 N–H and O–H groups in total. The van der Waals surface area contributed by atoms with E-state index < -0.39 is 25.6 Å². The lowest BCUT2D eigenvalue weighted by Gasteiger charge is -2.35. The molecule has 8 rings (SSSR count). The van der Waals surface area contributed by atoms with Crippen molar-refractivity contribution in [3.63, 3.8) is 0 Å². The molecule has 1 unspecified atom stereocenters. The normalized spacial score (nSPS) is 14.7. The van der Waals surface area contributed by atoms with Gasteiger partial charge < -0.3 is 28.6 Å². The van der Waals surface area contributed by atoms with Crippen LogP contribution >= 0.6 is 7.52 Å². The van der Waals surface area contributed by atoms with Gasteiger partial charge >= 0.3 is 13.5 Å². The van der Waals surface area contributed by atoms with Gasteiger partial charge in [0.25, 0.3) is 5.91 Å². The summed E-state index contributed by atoms with van der Waals surface area (Å²) in [6.07, 6.45) is 2.91. The molecule has 1 aliphatic heterocycles. The first-order valence-corrected chi connectivity index (χ1v) is 22.8. The number of hydrogen-bond acceptors (Lipinski definition) is 9. The van der Waals surface area contributed by atoms with Crippen LogP contribution in [0.3, 0.4) is 0 Å². The summed E-state index contributed by atoms with van der Waals surface area (Å²) in [4.78, 5) is 36.2. The number of nitrogens with one attached hydrogen (secondary N) is 1. The van der Waals surface area contributed by atoms with Crippen molar-refractivity contribution in [2.24, 2.45) is 0 Å². The Kier molecular flexibility index (Phi) is 13.2. The number of carbonyl (C=O) groups is 2. The zero-order valence-electron chi connectivity index (χ0n) is 35.1. The summed E-state index contributed by atoms with van der Waals surface area (Å²) in [6.45, 7) is 5.77. The Bertz CT molecular complexity index is 2690. The Morgan fingerprint density at radius 2 is 1.48 bits per heavy atom. The highest BCUT2D eigenvalue weighted by Crippen LogP contribution is 2.47. The second-order valence-electron chi connectivity index (χ2n) is 15.5. The number of carbonyl (C=O) groups excluding carboxylic acids is 2. The first-order chi connectivity index (χ1) is 30.6. The van der Waals surface area contributed by atoms with Crippen LogP contribution in [-0.4, -0.2) is 87.9 Å². The van der Waals surface area contributed by atoms with E-state index in [-0.39, 0.29) is 36.9 Å². The number of rotatable bonds is 16. The molecule has 2 aromatic heterocycles. The van der Waals surface area contributed by atoms with Crippen LogP contribution in [0.15, 0.2) is 140 Å². The van der Waals surface area contributed by atoms with E-state index in [0.29, 0.717) is 71.5 Å². The zero-order valence-corrected chi connectivity index (χ0v) is 36.0. The maximum absolute atomic E-state index is 15.0. The zero-order chi connectivity index (χ0) is 43.9. The fourth-order valence-corrected chi connectivity index (χ4v) is 9.95. The van der Waals surface area contributed by atoms with Crippen molar-refractivity contribution in [2.75, 3.05) is 45.5 Å². The number of benzene rings is 5. The average Bonchev–Trinajstić information content (AvgIpc) is 3.63. The molecule has 1 saturated heterocycles. The Labute approximate surface area is 365 Å². The summed E-state index contributed by atoms with van der Waals surface area (Å²) in [5.41, 5.74) is 3.30. The minimum atomic E-state index is -3.60. The molecule has 1 aliphatic rings. The summed E-state index contributed by atoms with van der Waals surface area (Å²) in [5.74, 6) is -0.522. The smallest absolute Gasteiger partial charge is 0.323 e. The Balaban J connectivity index is 1.11. The maximum atomic E-state index is 15.0. The van der Waals surface area contributed by atoms with Crippen LogP contribution < -0.4 is 14.3 Å². The third-order valence-corrected chi connectivity index (χ3v) is 13.2. The molecule has 2 atom stereocenters. The Morgan fingerprint density at radius 3 is 2.11 bits per heavy atom. The number of fused-ring (bicyclic) bond motifs is 2. The van der Waals surface area contributed by atoms with Crippen molar-refractivity contribution < 1.29 is 37.6 Å². The number of ether oxygens (including phenoxy) is 2. The molecule has 14 heteroatoms. The number of para-hydroxylation sites is 1. The van der Waals surface area contributed by atoms with Crippen LogP contribution in [0.2, 0.25) is 0 Å². The maximum Gasteiger partial charge on any atom is 0.323 e. The van der Waals surface area contributed by atoms with Crippen molar-refractivity contribution in [2.45, 2.75) is 32.5 Å². The minimum absolute atomic E-state index is 0.103. The SMILES string of the molecule is CCOC(=O)[C@H](C)NP(=O)(CCN1CCN(C(=O)c2c3cccnc3c(OC(c3ccccc3)c3ccccc3)c3c(O)n(Cc4ccc(F)cc4)cc23)CC1)Oc1ccccc1. The molecule has 0 bridgehead atoms. The van der Waals surface area contributed by atoms with E-state index >= 15 is 0 Å². The van der Waals surface area contributed by atoms with Gasteiger partial charge in [-0.05, 0) is 60.9 Å². The van der Waals surface area contributed by atoms with Crippen molar-refractivity contribution in [3.05, 3.63) is 168 Å². The lowest BCUT2D eigenvalue weighted by atomic mass is 9.98. The Morgan fingerprint density at radius 1 is 0.841 bits per heavy atom. The number of aromatic nitrogens is 2.